The molecular weight excluding hydrogens is 1120 g/mol. The molecule has 5 aliphatic heterocycles. The van der Waals surface area contributed by atoms with Gasteiger partial charge in [0, 0.05) is 60.2 Å². The van der Waals surface area contributed by atoms with E-state index in [0.29, 0.717) is 87.2 Å². The highest BCUT2D eigenvalue weighted by atomic mass is 16.6. The van der Waals surface area contributed by atoms with E-state index < -0.39 is 83.0 Å². The highest BCUT2D eigenvalue weighted by Gasteiger charge is 2.66. The number of phenols is 2. The topological polar surface area (TPSA) is 269 Å². The van der Waals surface area contributed by atoms with Crippen LogP contribution in [0.1, 0.15) is 174 Å². The Hall–Kier alpha value is -6.66. The van der Waals surface area contributed by atoms with Crippen molar-refractivity contribution in [1.29, 1.82) is 0 Å². The molecule has 16 nitrogen and oxygen atoms in total. The van der Waals surface area contributed by atoms with Gasteiger partial charge in [0.05, 0.1) is 24.4 Å². The van der Waals surface area contributed by atoms with E-state index in [2.05, 4.69) is 73.3 Å². The summed E-state index contributed by atoms with van der Waals surface area (Å²) in [5.74, 6) is -3.46. The minimum Gasteiger partial charge on any atom is -0.508 e. The fourth-order valence-corrected chi connectivity index (χ4v) is 20.4. The second-order valence-electron chi connectivity index (χ2n) is 29.1. The van der Waals surface area contributed by atoms with Crippen molar-refractivity contribution in [1.82, 2.24) is 16.0 Å². The van der Waals surface area contributed by atoms with E-state index in [0.717, 1.165) is 51.8 Å². The fraction of sp³-hybridized carbons (Fsp3) is 0.534. The number of dihydropyridines is 2. The number of hydrogen-bond donors (Lipinski definition) is 11. The standard InChI is InChI=1S/C73H86N4O12/c1-6-54(73(86)29-52-44-18-20-72(30-56(44)73)28-37(23-40(81)22-34(2)3)64(83)49-9-7-8-46(52)63(49)72)70(85)88-58-27-51-65(84)61-57(82)26-41(32-78)87-67(61)62-59-48-19-21-75-68(74)60(48)45(15-12-36-11-13-39(80)25-50(36)53(59)33-79)43-17-16-42-38(24-55(43)71(58,5)89-66(51)62)31-76-69-47(42)14-10-35(4)77-69/h6-11,13-14,19,25-26,31,34-35,37,40,43-45,52-53,55-56,58-59,64,69,75-81,83-84,86H,12,15-18,20-24,27-30,32-33,74H2,1-5H3/b54-6+/t35-,37-,40-,43+,44+,45+,52+,53-,55+,56+,58-,59-,64+,69?,71+,72-,73-/m1/s1. The smallest absolute Gasteiger partial charge is 0.337 e. The van der Waals surface area contributed by atoms with E-state index >= 15 is 4.79 Å². The first kappa shape index (κ1) is 58.7. The number of aryl methyl sites for hydroxylation is 1. The Bertz CT molecular complexity index is 3890. The van der Waals surface area contributed by atoms with Crippen LogP contribution in [0.5, 0.6) is 17.2 Å². The first-order chi connectivity index (χ1) is 42.8. The second kappa shape index (κ2) is 21.5. The third-order valence-electron chi connectivity index (χ3n) is 24.0. The van der Waals surface area contributed by atoms with Gasteiger partial charge in [-0.15, -0.1) is 0 Å². The number of allylic oxidation sites excluding steroid dienone is 5. The summed E-state index contributed by atoms with van der Waals surface area (Å²) in [6, 6.07) is 12.9. The maximum atomic E-state index is 16.2. The van der Waals surface area contributed by atoms with Gasteiger partial charge in [0.2, 0.25) is 0 Å². The van der Waals surface area contributed by atoms with Crippen LogP contribution in [0.25, 0.3) is 11.0 Å². The van der Waals surface area contributed by atoms with E-state index in [1.54, 1.807) is 25.1 Å². The van der Waals surface area contributed by atoms with Gasteiger partial charge in [-0.3, -0.25) is 10.1 Å². The van der Waals surface area contributed by atoms with Gasteiger partial charge in [-0.1, -0.05) is 62.4 Å². The number of carbonyl (C=O) groups excluding carboxylic acids is 1. The van der Waals surface area contributed by atoms with Gasteiger partial charge in [-0.25, -0.2) is 4.79 Å². The molecule has 7 aliphatic carbocycles. The predicted octanol–water partition coefficient (Wildman–Crippen LogP) is 8.89. The number of nitrogens with two attached hydrogens (primary N) is 1. The van der Waals surface area contributed by atoms with Crippen LogP contribution in [-0.2, 0) is 34.4 Å². The van der Waals surface area contributed by atoms with Crippen LogP contribution < -0.4 is 31.8 Å². The summed E-state index contributed by atoms with van der Waals surface area (Å²) in [5, 5.41) is 95.5. The summed E-state index contributed by atoms with van der Waals surface area (Å²) in [6.45, 7) is 9.43. The lowest BCUT2D eigenvalue weighted by Gasteiger charge is -2.53. The van der Waals surface area contributed by atoms with Crippen molar-refractivity contribution in [3.05, 3.63) is 167 Å². The summed E-state index contributed by atoms with van der Waals surface area (Å²) < 4.78 is 21.9. The molecule has 3 saturated carbocycles. The van der Waals surface area contributed by atoms with Crippen LogP contribution in [0.4, 0.5) is 0 Å². The average molecular weight is 1210 g/mol. The molecule has 3 fully saturated rings. The first-order valence-electron chi connectivity index (χ1n) is 33.0. The number of esters is 1. The van der Waals surface area contributed by atoms with Crippen LogP contribution >= 0.6 is 0 Å². The van der Waals surface area contributed by atoms with E-state index in [9.17, 15) is 40.5 Å². The lowest BCUT2D eigenvalue weighted by Crippen LogP contribution is -2.59. The average Bonchev–Trinajstić information content (AvgIpc) is 1.67. The summed E-state index contributed by atoms with van der Waals surface area (Å²) in [5.41, 5.74) is 14.1. The zero-order valence-corrected chi connectivity index (χ0v) is 51.7. The van der Waals surface area contributed by atoms with Crippen molar-refractivity contribution < 1.29 is 54.4 Å². The molecule has 17 atom stereocenters. The molecule has 8 bridgehead atoms. The summed E-state index contributed by atoms with van der Waals surface area (Å²) in [7, 11) is 0. The van der Waals surface area contributed by atoms with Crippen LogP contribution in [0.3, 0.4) is 0 Å². The SMILES string of the molecule is C/C=C(\C(=O)O[C@@H]1Cc2c3c(c4oc(CO)cc(=O)c4c2O)[C@@H]2C4=CCNC(N)=C4[C@@H](CCc4ccc(O)cc4[C@H]2CO)[C@@H]2CCC4=C5C=C[C@@H](C)NC5NC=C4C[C@@H]2[C@]1(C)O3)[C@]1(O)C[C@@H]2c3cccc4c3[C@]3(CC[C@@H]2[C@@H]1C3)C[C@@H](C[C@H](O)CC(C)C)[C@@H]4O. The number of phenolic OH excluding ortho intramolecular Hbond substituents is 2. The fourth-order valence-electron chi connectivity index (χ4n) is 20.4. The number of aliphatic hydroxyl groups is 5. The number of ether oxygens (including phenoxy) is 2. The Kier molecular flexibility index (Phi) is 14.2. The summed E-state index contributed by atoms with van der Waals surface area (Å²) in [4.78, 5) is 31.0. The zero-order valence-electron chi connectivity index (χ0n) is 51.7. The van der Waals surface area contributed by atoms with Gasteiger partial charge in [-0.05, 0) is 212 Å². The number of aliphatic hydroxyl groups excluding tert-OH is 4. The third-order valence-corrected chi connectivity index (χ3v) is 24.0. The summed E-state index contributed by atoms with van der Waals surface area (Å²) in [6.07, 6.45) is 15.0. The Labute approximate surface area is 519 Å². The Morgan fingerprint density at radius 1 is 0.978 bits per heavy atom. The highest BCUT2D eigenvalue weighted by Crippen LogP contribution is 2.70. The Morgan fingerprint density at radius 3 is 2.57 bits per heavy atom. The molecule has 89 heavy (non-hydrogen) atoms. The lowest BCUT2D eigenvalue weighted by molar-refractivity contribution is -0.172. The molecule has 0 radical (unpaired) electrons. The molecule has 16 heteroatoms. The number of fused-ring (bicyclic) bond motifs is 11. The van der Waals surface area contributed by atoms with Crippen molar-refractivity contribution >= 4 is 16.9 Å². The van der Waals surface area contributed by atoms with Gasteiger partial charge in [0.15, 0.2) is 5.43 Å². The molecule has 12 N–H and O–H groups in total. The van der Waals surface area contributed by atoms with Crippen molar-refractivity contribution in [3.63, 3.8) is 0 Å². The van der Waals surface area contributed by atoms with Crippen molar-refractivity contribution in [2.24, 2.45) is 47.2 Å². The van der Waals surface area contributed by atoms with Gasteiger partial charge in [0.25, 0.3) is 0 Å². The quantitative estimate of drug-likeness (QED) is 0.0552. The number of aromatic hydroxyl groups is 2. The molecule has 6 heterocycles. The van der Waals surface area contributed by atoms with Crippen LogP contribution in [0, 0.1) is 41.4 Å². The van der Waals surface area contributed by atoms with Gasteiger partial charge in [0.1, 0.15) is 69.9 Å². The number of hydrogen-bond acceptors (Lipinski definition) is 16. The van der Waals surface area contributed by atoms with Crippen LogP contribution in [0.2, 0.25) is 0 Å². The first-order valence-corrected chi connectivity index (χ1v) is 33.0. The Balaban J connectivity index is 0.913. The molecule has 470 valence electrons. The molecule has 4 aromatic rings. The van der Waals surface area contributed by atoms with E-state index in [1.807, 2.05) is 19.1 Å². The highest BCUT2D eigenvalue weighted by molar-refractivity contribution is 5.93. The number of carbonyl (C=O) groups is 1. The van der Waals surface area contributed by atoms with Gasteiger partial charge in [-0.2, -0.15) is 0 Å². The van der Waals surface area contributed by atoms with Crippen molar-refractivity contribution in [3.8, 4) is 17.2 Å². The van der Waals surface area contributed by atoms with Crippen LogP contribution in [-0.4, -0.2) is 90.5 Å². The van der Waals surface area contributed by atoms with E-state index in [1.165, 1.54) is 17.2 Å². The van der Waals surface area contributed by atoms with Crippen molar-refractivity contribution in [2.45, 2.75) is 190 Å². The predicted molar refractivity (Wildman–Crippen MR) is 335 cm³/mol. The van der Waals surface area contributed by atoms with Gasteiger partial charge < -0.3 is 66.0 Å². The normalized spacial score (nSPS) is 35.8. The van der Waals surface area contributed by atoms with Crippen molar-refractivity contribution in [2.75, 3.05) is 13.2 Å². The van der Waals surface area contributed by atoms with E-state index in [-0.39, 0.29) is 99.9 Å². The molecule has 12 aliphatic rings. The van der Waals surface area contributed by atoms with Gasteiger partial charge >= 0.3 is 5.97 Å². The molecule has 3 aromatic carbocycles. The molecule has 1 unspecified atom stereocenters. The number of nitrogens with one attached hydrogen (secondary N) is 3. The molecule has 0 saturated heterocycles. The molecule has 1 spiro atoms. The lowest BCUT2D eigenvalue weighted by atomic mass is 9.54. The Morgan fingerprint density at radius 2 is 1.79 bits per heavy atom. The molecule has 16 rings (SSSR count). The van der Waals surface area contributed by atoms with E-state index in [4.69, 9.17) is 19.6 Å². The minimum atomic E-state index is -1.62. The summed E-state index contributed by atoms with van der Waals surface area (Å²) >= 11 is 0. The zero-order chi connectivity index (χ0) is 61.9. The number of benzene rings is 3. The molecule has 0 amide bonds. The maximum Gasteiger partial charge on any atom is 0.337 e. The minimum absolute atomic E-state index is 0.0150. The molecule has 1 aromatic heterocycles. The molecular formula is C73H86N4O12. The maximum absolute atomic E-state index is 16.2. The monoisotopic (exact) mass is 1210 g/mol. The number of rotatable bonds is 9. The third kappa shape index (κ3) is 8.86. The van der Waals surface area contributed by atoms with Crippen LogP contribution in [0.15, 0.2) is 121 Å². The largest absolute Gasteiger partial charge is 0.508 e. The second-order valence-corrected chi connectivity index (χ2v) is 29.1.